The Hall–Kier alpha value is -1.32. The topological polar surface area (TPSA) is 57.8 Å². The molecule has 1 saturated carbocycles. The Bertz CT molecular complexity index is 376. The molecule has 2 rings (SSSR count). The molecule has 15 heavy (non-hydrogen) atoms. The number of aromatic amines is 1. The van der Waals surface area contributed by atoms with E-state index in [1.165, 1.54) is 38.1 Å². The van der Waals surface area contributed by atoms with Gasteiger partial charge in [0, 0.05) is 12.6 Å². The van der Waals surface area contributed by atoms with Crippen LogP contribution in [-0.4, -0.2) is 16.5 Å². The summed E-state index contributed by atoms with van der Waals surface area (Å²) in [4.78, 5) is 17.6. The Kier molecular flexibility index (Phi) is 2.75. The summed E-state index contributed by atoms with van der Waals surface area (Å²) in [6, 6.07) is 1.50. The Morgan fingerprint density at radius 1 is 1.60 bits per heavy atom. The molecule has 0 spiro atoms. The molecule has 4 heteroatoms. The van der Waals surface area contributed by atoms with Crippen LogP contribution in [0, 0.1) is 5.41 Å². The zero-order valence-corrected chi connectivity index (χ0v) is 9.05. The second-order valence-corrected chi connectivity index (χ2v) is 4.36. The van der Waals surface area contributed by atoms with Crippen LogP contribution in [0.5, 0.6) is 0 Å². The van der Waals surface area contributed by atoms with Crippen molar-refractivity contribution in [3.63, 3.8) is 0 Å². The minimum absolute atomic E-state index is 0.105. The van der Waals surface area contributed by atoms with Gasteiger partial charge in [-0.3, -0.25) is 4.79 Å². The van der Waals surface area contributed by atoms with Crippen LogP contribution in [0.4, 0.5) is 5.82 Å². The molecule has 1 heterocycles. The number of H-pyrrole nitrogens is 1. The van der Waals surface area contributed by atoms with Crippen LogP contribution in [0.3, 0.4) is 0 Å². The van der Waals surface area contributed by atoms with E-state index < -0.39 is 0 Å². The van der Waals surface area contributed by atoms with E-state index in [1.807, 2.05) is 0 Å². The smallest absolute Gasteiger partial charge is 0.252 e. The summed E-state index contributed by atoms with van der Waals surface area (Å²) in [5, 5.41) is 3.25. The molecule has 1 aliphatic carbocycles. The molecule has 0 atom stereocenters. The molecule has 1 aromatic rings. The van der Waals surface area contributed by atoms with E-state index in [-0.39, 0.29) is 5.56 Å². The van der Waals surface area contributed by atoms with Gasteiger partial charge in [0.1, 0.15) is 5.82 Å². The maximum absolute atomic E-state index is 11.0. The number of nitrogens with zero attached hydrogens (tertiary/aromatic N) is 1. The standard InChI is InChI=1S/C11H17N3O/c1-2-11(4-3-5-11)7-12-9-6-10(15)14-8-13-9/h6,8H,2-5,7H2,1H3,(H2,12,13,14,15). The first kappa shape index (κ1) is 10.2. The van der Waals surface area contributed by atoms with Crippen molar-refractivity contribution in [3.8, 4) is 0 Å². The van der Waals surface area contributed by atoms with Crippen molar-refractivity contribution >= 4 is 5.82 Å². The van der Waals surface area contributed by atoms with Crippen molar-refractivity contribution in [2.24, 2.45) is 5.41 Å². The average molecular weight is 207 g/mol. The SMILES string of the molecule is CCC1(CNc2cc(=O)[nH]cn2)CCC1. The number of nitrogens with one attached hydrogen (secondary N) is 2. The molecule has 0 aliphatic heterocycles. The highest BCUT2D eigenvalue weighted by atomic mass is 16.1. The number of anilines is 1. The fourth-order valence-corrected chi connectivity index (χ4v) is 2.08. The van der Waals surface area contributed by atoms with Crippen LogP contribution in [0.25, 0.3) is 0 Å². The molecule has 0 saturated heterocycles. The van der Waals surface area contributed by atoms with Gasteiger partial charge in [0.2, 0.25) is 0 Å². The number of rotatable bonds is 4. The molecule has 0 bridgehead atoms. The third-order valence-electron chi connectivity index (χ3n) is 3.49. The highest BCUT2D eigenvalue weighted by molar-refractivity contribution is 5.32. The quantitative estimate of drug-likeness (QED) is 0.791. The van der Waals surface area contributed by atoms with Crippen LogP contribution in [0.15, 0.2) is 17.2 Å². The van der Waals surface area contributed by atoms with Gasteiger partial charge in [0.25, 0.3) is 5.56 Å². The minimum atomic E-state index is -0.105. The average Bonchev–Trinajstić information content (AvgIpc) is 2.17. The van der Waals surface area contributed by atoms with Gasteiger partial charge in [-0.2, -0.15) is 0 Å². The summed E-state index contributed by atoms with van der Waals surface area (Å²) in [5.41, 5.74) is 0.344. The summed E-state index contributed by atoms with van der Waals surface area (Å²) in [6.07, 6.45) is 6.55. The molecule has 4 nitrogen and oxygen atoms in total. The molecule has 82 valence electrons. The predicted octanol–water partition coefficient (Wildman–Crippen LogP) is 1.76. The first-order valence-electron chi connectivity index (χ1n) is 5.53. The highest BCUT2D eigenvalue weighted by Gasteiger charge is 2.34. The molecule has 0 radical (unpaired) electrons. The van der Waals surface area contributed by atoms with Gasteiger partial charge in [-0.1, -0.05) is 13.3 Å². The molecule has 1 fully saturated rings. The zero-order chi connectivity index (χ0) is 10.7. The summed E-state index contributed by atoms with van der Waals surface area (Å²) in [7, 11) is 0. The van der Waals surface area contributed by atoms with Gasteiger partial charge in [-0.15, -0.1) is 0 Å². The van der Waals surface area contributed by atoms with E-state index in [4.69, 9.17) is 0 Å². The monoisotopic (exact) mass is 207 g/mol. The lowest BCUT2D eigenvalue weighted by molar-refractivity contribution is 0.145. The lowest BCUT2D eigenvalue weighted by atomic mass is 9.67. The first-order valence-corrected chi connectivity index (χ1v) is 5.53. The van der Waals surface area contributed by atoms with Crippen molar-refractivity contribution in [2.75, 3.05) is 11.9 Å². The third kappa shape index (κ3) is 2.19. The fourth-order valence-electron chi connectivity index (χ4n) is 2.08. The Morgan fingerprint density at radius 3 is 2.93 bits per heavy atom. The second kappa shape index (κ2) is 4.04. The fraction of sp³-hybridized carbons (Fsp3) is 0.636. The normalized spacial score (nSPS) is 18.2. The Labute approximate surface area is 89.1 Å². The van der Waals surface area contributed by atoms with Crippen LogP contribution in [0.2, 0.25) is 0 Å². The summed E-state index contributed by atoms with van der Waals surface area (Å²) < 4.78 is 0. The van der Waals surface area contributed by atoms with Crippen molar-refractivity contribution in [3.05, 3.63) is 22.7 Å². The van der Waals surface area contributed by atoms with Gasteiger partial charge >= 0.3 is 0 Å². The second-order valence-electron chi connectivity index (χ2n) is 4.36. The zero-order valence-electron chi connectivity index (χ0n) is 9.05. The van der Waals surface area contributed by atoms with Crippen molar-refractivity contribution in [2.45, 2.75) is 32.6 Å². The van der Waals surface area contributed by atoms with E-state index in [0.717, 1.165) is 6.54 Å². The predicted molar refractivity (Wildman–Crippen MR) is 59.9 cm³/mol. The lowest BCUT2D eigenvalue weighted by Gasteiger charge is -2.41. The maximum atomic E-state index is 11.0. The molecule has 0 unspecified atom stereocenters. The number of aromatic nitrogens is 2. The molecule has 1 aliphatic rings. The van der Waals surface area contributed by atoms with E-state index in [1.54, 1.807) is 0 Å². The van der Waals surface area contributed by atoms with Gasteiger partial charge in [0.15, 0.2) is 0 Å². The summed E-state index contributed by atoms with van der Waals surface area (Å²) >= 11 is 0. The molecule has 0 amide bonds. The lowest BCUT2D eigenvalue weighted by Crippen LogP contribution is -2.36. The van der Waals surface area contributed by atoms with Crippen molar-refractivity contribution in [1.82, 2.24) is 9.97 Å². The largest absolute Gasteiger partial charge is 0.369 e. The summed E-state index contributed by atoms with van der Waals surface area (Å²) in [5.74, 6) is 0.679. The van der Waals surface area contributed by atoms with Crippen molar-refractivity contribution < 1.29 is 0 Å². The van der Waals surface area contributed by atoms with Crippen LogP contribution >= 0.6 is 0 Å². The van der Waals surface area contributed by atoms with Crippen molar-refractivity contribution in [1.29, 1.82) is 0 Å². The minimum Gasteiger partial charge on any atom is -0.369 e. The van der Waals surface area contributed by atoms with Gasteiger partial charge in [-0.05, 0) is 24.7 Å². The van der Waals surface area contributed by atoms with Crippen LogP contribution in [-0.2, 0) is 0 Å². The van der Waals surface area contributed by atoms with E-state index >= 15 is 0 Å². The van der Waals surface area contributed by atoms with Crippen LogP contribution in [0.1, 0.15) is 32.6 Å². The summed E-state index contributed by atoms with van der Waals surface area (Å²) in [6.45, 7) is 3.16. The molecular weight excluding hydrogens is 190 g/mol. The molecule has 2 N–H and O–H groups in total. The maximum Gasteiger partial charge on any atom is 0.252 e. The highest BCUT2D eigenvalue weighted by Crippen LogP contribution is 2.43. The molecule has 1 aromatic heterocycles. The van der Waals surface area contributed by atoms with E-state index in [9.17, 15) is 4.79 Å². The Morgan fingerprint density at radius 2 is 2.40 bits per heavy atom. The molecule has 0 aromatic carbocycles. The number of hydrogen-bond acceptors (Lipinski definition) is 3. The van der Waals surface area contributed by atoms with E-state index in [0.29, 0.717) is 11.2 Å². The third-order valence-corrected chi connectivity index (χ3v) is 3.49. The first-order chi connectivity index (χ1) is 7.24. The van der Waals surface area contributed by atoms with E-state index in [2.05, 4.69) is 22.2 Å². The molecular formula is C11H17N3O. The van der Waals surface area contributed by atoms with Gasteiger partial charge in [-0.25, -0.2) is 4.98 Å². The number of hydrogen-bond donors (Lipinski definition) is 2. The van der Waals surface area contributed by atoms with Gasteiger partial charge in [0.05, 0.1) is 6.33 Å². The Balaban J connectivity index is 1.95. The van der Waals surface area contributed by atoms with Crippen LogP contribution < -0.4 is 10.9 Å². The van der Waals surface area contributed by atoms with Gasteiger partial charge < -0.3 is 10.3 Å².